The van der Waals surface area contributed by atoms with Gasteiger partial charge in [-0.15, -0.1) is 0 Å². The number of hydrogen-bond acceptors (Lipinski definition) is 13. The Labute approximate surface area is 675 Å². The minimum absolute atomic E-state index is 0.0120. The van der Waals surface area contributed by atoms with Gasteiger partial charge in [0.2, 0.25) is 5.91 Å². The van der Waals surface area contributed by atoms with Gasteiger partial charge in [0, 0.05) is 44.6 Å². The normalized spacial score (nSPS) is 11.6. The van der Waals surface area contributed by atoms with E-state index in [1.807, 2.05) is 156 Å². The van der Waals surface area contributed by atoms with E-state index in [9.17, 15) is 44.4 Å². The first-order chi connectivity index (χ1) is 51.6. The zero-order valence-electron chi connectivity index (χ0n) is 64.0. The van der Waals surface area contributed by atoms with Crippen molar-refractivity contribution in [3.63, 3.8) is 0 Å². The highest BCUT2D eigenvalue weighted by molar-refractivity contribution is 6.38. The number of carbonyl (C=O) groups is 5. The summed E-state index contributed by atoms with van der Waals surface area (Å²) in [4.78, 5) is 61.1. The average molecular weight is 1640 g/mol. The number of halogens is 7. The molecule has 0 heterocycles. The van der Waals surface area contributed by atoms with Gasteiger partial charge in [-0.3, -0.25) is 24.0 Å². The number of amides is 4. The highest BCUT2D eigenvalue weighted by Gasteiger charge is 2.27. The van der Waals surface area contributed by atoms with Crippen molar-refractivity contribution in [3.05, 3.63) is 205 Å². The fourth-order valence-electron chi connectivity index (χ4n) is 11.2. The predicted molar refractivity (Wildman–Crippen MR) is 442 cm³/mol. The quantitative estimate of drug-likeness (QED) is 0.0150. The fourth-order valence-corrected chi connectivity index (χ4v) is 13.5. The third-order valence-electron chi connectivity index (χ3n) is 17.3. The molecule has 588 valence electrons. The SMILES string of the molecule is CCC(Oc1ccc(C)cc1C)C(=O)Nc1cc(Cl)c(C)cc1O.CCCCC(Oc1ccc(C)cc1C)C(=O)Nc1cc(Cl)c(CC)c(Cl)c1O.CCc1c(Cl)cc(NC(=O)C(CC)Oc2ccc(C)cc2C)c(O)c1Cl.CCc1c(OCCCC(=O)O)cc(NC(=O)CCCc2ccc(C)cc2Cl)c(O)c1Cl. The van der Waals surface area contributed by atoms with Crippen LogP contribution >= 0.6 is 81.2 Å². The van der Waals surface area contributed by atoms with Crippen LogP contribution in [-0.2, 0) is 49.7 Å². The minimum atomic E-state index is -0.900. The second-order valence-corrected chi connectivity index (χ2v) is 29.0. The first kappa shape index (κ1) is 91.2. The Kier molecular flexibility index (Phi) is 37.1. The Hall–Kier alpha value is -8.46. The van der Waals surface area contributed by atoms with Gasteiger partial charge in [-0.05, 0) is 213 Å². The molecule has 0 aliphatic carbocycles. The molecule has 0 fully saturated rings. The standard InChI is InChI=1S/C23H27Cl2NO5.C22H27Cl2NO3.C20H23Cl2NO3.C19H22ClNO3/c1-3-16-19(31-11-5-8-21(28)29)13-18(23(30)22(16)25)26-20(27)7-4-6-15-10-9-14(2)12-17(15)24;1-5-7-8-19(28-18-10-9-13(3)11-14(18)4)22(27)25-17-12-16(23)15(6-2)20(24)21(17)26;1-5-13-14(21)10-15(19(24)18(13)22)23-20(25)16(6-2)26-17-8-7-11(3)9-12(17)4;1-5-17(24-18-7-6-11(2)8-13(18)4)19(23)21-15-10-14(20)12(3)9-16(15)22/h9-10,12-13,30H,3-8,11H2,1-2H3,(H,26,27)(H,28,29);9-12,19,26H,5-8H2,1-4H3,(H,25,27);7-10,16,24H,5-6H2,1-4H3,(H,23,25);6-10,17,22H,5H2,1-4H3,(H,21,23). The van der Waals surface area contributed by atoms with E-state index in [1.54, 1.807) is 6.92 Å². The van der Waals surface area contributed by atoms with Crippen molar-refractivity contribution >= 4 is 134 Å². The molecule has 0 aliphatic rings. The summed E-state index contributed by atoms with van der Waals surface area (Å²) in [6, 6.07) is 30.9. The van der Waals surface area contributed by atoms with Gasteiger partial charge in [-0.25, -0.2) is 0 Å². The van der Waals surface area contributed by atoms with Crippen LogP contribution in [0, 0.1) is 55.4 Å². The van der Waals surface area contributed by atoms with Crippen LogP contribution in [0.25, 0.3) is 0 Å². The summed E-state index contributed by atoms with van der Waals surface area (Å²) in [6.45, 7) is 27.2. The van der Waals surface area contributed by atoms with Gasteiger partial charge < -0.3 is 65.7 Å². The molecule has 8 aromatic carbocycles. The summed E-state index contributed by atoms with van der Waals surface area (Å²) in [6.07, 6.45) is 4.72. The molecule has 0 bridgehead atoms. The molecule has 18 nitrogen and oxygen atoms in total. The van der Waals surface area contributed by atoms with E-state index in [0.29, 0.717) is 118 Å². The number of carboxylic acids is 1. The van der Waals surface area contributed by atoms with E-state index in [2.05, 4.69) is 28.2 Å². The Balaban J connectivity index is 0.000000261. The molecule has 0 spiro atoms. The summed E-state index contributed by atoms with van der Waals surface area (Å²) in [7, 11) is 0. The zero-order chi connectivity index (χ0) is 81.1. The topological polar surface area (TPSA) is 272 Å². The number of rotatable bonds is 30. The van der Waals surface area contributed by atoms with Crippen molar-refractivity contribution in [2.24, 2.45) is 0 Å². The van der Waals surface area contributed by atoms with Crippen LogP contribution in [0.1, 0.15) is 166 Å². The van der Waals surface area contributed by atoms with E-state index < -0.39 is 24.3 Å². The van der Waals surface area contributed by atoms with Crippen molar-refractivity contribution in [3.8, 4) is 46.0 Å². The van der Waals surface area contributed by atoms with Crippen molar-refractivity contribution in [1.82, 2.24) is 0 Å². The number of carboxylic acid groups (broad SMARTS) is 1. The molecular formula is C84H99Cl7N4O14. The lowest BCUT2D eigenvalue weighted by Crippen LogP contribution is -2.33. The maximum absolute atomic E-state index is 12.9. The third kappa shape index (κ3) is 27.2. The van der Waals surface area contributed by atoms with Gasteiger partial charge in [0.1, 0.15) is 28.7 Å². The van der Waals surface area contributed by atoms with Crippen LogP contribution < -0.4 is 40.2 Å². The Morgan fingerprint density at radius 3 is 1.23 bits per heavy atom. The average Bonchev–Trinajstić information content (AvgIpc) is 0.817. The molecule has 3 atom stereocenters. The van der Waals surface area contributed by atoms with Gasteiger partial charge >= 0.3 is 5.97 Å². The van der Waals surface area contributed by atoms with E-state index in [0.717, 1.165) is 62.9 Å². The largest absolute Gasteiger partial charge is 0.506 e. The number of phenolic OH excluding ortho intramolecular Hbond substituents is 4. The summed E-state index contributed by atoms with van der Waals surface area (Å²) < 4.78 is 23.4. The second kappa shape index (κ2) is 44.4. The van der Waals surface area contributed by atoms with Crippen LogP contribution in [0.15, 0.2) is 103 Å². The van der Waals surface area contributed by atoms with Crippen LogP contribution in [0.2, 0.25) is 35.2 Å². The summed E-state index contributed by atoms with van der Waals surface area (Å²) >= 11 is 43.3. The Morgan fingerprint density at radius 1 is 0.404 bits per heavy atom. The van der Waals surface area contributed by atoms with Gasteiger partial charge in [0.05, 0.1) is 44.4 Å². The first-order valence-corrected chi connectivity index (χ1v) is 38.7. The van der Waals surface area contributed by atoms with Gasteiger partial charge in [0.15, 0.2) is 35.6 Å². The number of aromatic hydroxyl groups is 4. The molecule has 8 rings (SSSR count). The van der Waals surface area contributed by atoms with Crippen LogP contribution in [0.5, 0.6) is 46.0 Å². The Bertz CT molecular complexity index is 4500. The van der Waals surface area contributed by atoms with Crippen LogP contribution in [0.3, 0.4) is 0 Å². The van der Waals surface area contributed by atoms with Crippen molar-refractivity contribution < 1.29 is 68.5 Å². The zero-order valence-corrected chi connectivity index (χ0v) is 69.3. The van der Waals surface area contributed by atoms with Gasteiger partial charge in [-0.2, -0.15) is 0 Å². The lowest BCUT2D eigenvalue weighted by molar-refractivity contribution is -0.137. The summed E-state index contributed by atoms with van der Waals surface area (Å²) in [5, 5.41) is 62.9. The number of benzene rings is 8. The number of nitrogens with one attached hydrogen (secondary N) is 4. The molecule has 109 heavy (non-hydrogen) atoms. The van der Waals surface area contributed by atoms with E-state index in [1.165, 1.54) is 30.3 Å². The molecule has 0 aromatic heterocycles. The number of carbonyl (C=O) groups excluding carboxylic acids is 4. The molecule has 0 saturated carbocycles. The Morgan fingerprint density at radius 2 is 0.807 bits per heavy atom. The van der Waals surface area contributed by atoms with E-state index in [-0.39, 0.29) is 104 Å². The molecule has 9 N–H and O–H groups in total. The molecule has 4 amide bonds. The van der Waals surface area contributed by atoms with Gasteiger partial charge in [0.25, 0.3) is 17.7 Å². The maximum atomic E-state index is 12.9. The number of aryl methyl sites for hydroxylation is 9. The van der Waals surface area contributed by atoms with Crippen molar-refractivity contribution in [2.45, 2.75) is 199 Å². The highest BCUT2D eigenvalue weighted by Crippen LogP contribution is 2.44. The molecular weight excluding hydrogens is 1540 g/mol. The maximum Gasteiger partial charge on any atom is 0.303 e. The van der Waals surface area contributed by atoms with E-state index in [4.69, 9.17) is 105 Å². The number of ether oxygens (including phenoxy) is 4. The number of hydrogen-bond donors (Lipinski definition) is 9. The molecule has 25 heteroatoms. The van der Waals surface area contributed by atoms with Gasteiger partial charge in [-0.1, -0.05) is 194 Å². The number of phenols is 4. The molecule has 3 unspecified atom stereocenters. The lowest BCUT2D eigenvalue weighted by Gasteiger charge is -2.21. The van der Waals surface area contributed by atoms with Crippen LogP contribution in [-0.4, -0.2) is 80.0 Å². The number of anilines is 4. The molecule has 0 saturated heterocycles. The molecule has 0 aliphatic heterocycles. The predicted octanol–water partition coefficient (Wildman–Crippen LogP) is 22.7. The fraction of sp³-hybridized carbons (Fsp3) is 0.369. The van der Waals surface area contributed by atoms with Crippen LogP contribution in [0.4, 0.5) is 22.7 Å². The van der Waals surface area contributed by atoms with Crippen molar-refractivity contribution in [1.29, 1.82) is 0 Å². The highest BCUT2D eigenvalue weighted by atomic mass is 35.5. The number of unbranched alkanes of at least 4 members (excludes halogenated alkanes) is 1. The van der Waals surface area contributed by atoms with Crippen molar-refractivity contribution in [2.75, 3.05) is 27.9 Å². The monoisotopic (exact) mass is 1630 g/mol. The summed E-state index contributed by atoms with van der Waals surface area (Å²) in [5.74, 6) is -0.419. The smallest absolute Gasteiger partial charge is 0.303 e. The summed E-state index contributed by atoms with van der Waals surface area (Å²) in [5.41, 5.74) is 11.8. The molecule has 8 aromatic rings. The number of aliphatic carboxylic acids is 1. The second-order valence-electron chi connectivity index (χ2n) is 26.2. The van der Waals surface area contributed by atoms with E-state index >= 15 is 0 Å². The molecule has 0 radical (unpaired) electrons. The minimum Gasteiger partial charge on any atom is -0.506 e. The first-order valence-electron chi connectivity index (χ1n) is 36.1. The third-order valence-corrected chi connectivity index (χ3v) is 20.0. The lowest BCUT2D eigenvalue weighted by atomic mass is 10.1.